The summed E-state index contributed by atoms with van der Waals surface area (Å²) in [6, 6.07) is 0. The van der Waals surface area contributed by atoms with E-state index in [2.05, 4.69) is 74.6 Å². The van der Waals surface area contributed by atoms with Crippen LogP contribution in [0, 0.1) is 0 Å². The molecule has 1 aliphatic heterocycles. The van der Waals surface area contributed by atoms with Crippen molar-refractivity contribution in [3.05, 3.63) is 72.9 Å². The van der Waals surface area contributed by atoms with Gasteiger partial charge in [0.1, 0.15) is 36.8 Å². The van der Waals surface area contributed by atoms with Crippen molar-refractivity contribution >= 4 is 22.1 Å². The average molecular weight is 825 g/mol. The molecule has 1 heterocycles. The molecule has 0 saturated carbocycles. The van der Waals surface area contributed by atoms with Crippen molar-refractivity contribution in [3.63, 3.8) is 0 Å². The summed E-state index contributed by atoms with van der Waals surface area (Å²) in [7, 11) is -4.61. The lowest BCUT2D eigenvalue weighted by atomic mass is 10.00. The molecule has 0 amide bonds. The zero-order chi connectivity index (χ0) is 42.0. The van der Waals surface area contributed by atoms with Crippen LogP contribution in [0.3, 0.4) is 0 Å². The topological polar surface area (TPSA) is 186 Å². The Labute approximate surface area is 342 Å². The predicted molar refractivity (Wildman–Crippen MR) is 224 cm³/mol. The summed E-state index contributed by atoms with van der Waals surface area (Å²) >= 11 is 0. The highest BCUT2D eigenvalue weighted by Gasteiger charge is 2.46. The van der Waals surface area contributed by atoms with Crippen LogP contribution in [0.1, 0.15) is 136 Å². The molecule has 57 heavy (non-hydrogen) atoms. The van der Waals surface area contributed by atoms with E-state index < -0.39 is 71.2 Å². The van der Waals surface area contributed by atoms with E-state index in [4.69, 9.17) is 18.9 Å². The second-order valence-corrected chi connectivity index (χ2v) is 15.8. The lowest BCUT2D eigenvalue weighted by Crippen LogP contribution is -2.60. The number of ether oxygens (including phenoxy) is 4. The van der Waals surface area contributed by atoms with Gasteiger partial charge in [0.2, 0.25) is 0 Å². The van der Waals surface area contributed by atoms with Crippen molar-refractivity contribution in [1.29, 1.82) is 0 Å². The van der Waals surface area contributed by atoms with Crippen molar-refractivity contribution < 1.29 is 56.8 Å². The largest absolute Gasteiger partial charge is 0.462 e. The lowest BCUT2D eigenvalue weighted by Gasteiger charge is -2.40. The van der Waals surface area contributed by atoms with Crippen LogP contribution in [0.25, 0.3) is 0 Å². The molecule has 12 nitrogen and oxygen atoms in total. The summed E-state index contributed by atoms with van der Waals surface area (Å²) in [6.45, 7) is 3.53. The van der Waals surface area contributed by atoms with E-state index >= 15 is 0 Å². The monoisotopic (exact) mass is 824 g/mol. The number of carbonyl (C=O) groups excluding carboxylic acids is 2. The van der Waals surface area contributed by atoms with Gasteiger partial charge in [-0.3, -0.25) is 14.1 Å². The minimum atomic E-state index is -4.61. The van der Waals surface area contributed by atoms with Crippen molar-refractivity contribution in [2.45, 2.75) is 173 Å². The SMILES string of the molecule is CC/C=C/C/C=C/C/C=C/C/C=C/C/C=C/C/C=C/CCC(=O)OC[C@H](CO[C@H]1O[C@H](CS(=O)(=O)O)[C@@H](O)C(O)C1O)OC(=O)CCCCCCCCCCCC. The Morgan fingerprint density at radius 2 is 1.11 bits per heavy atom. The number of allylic oxidation sites excluding steroid dienone is 12. The molecular weight excluding hydrogens is 753 g/mol. The van der Waals surface area contributed by atoms with Gasteiger partial charge in [-0.25, -0.2) is 0 Å². The number of hydrogen-bond donors (Lipinski definition) is 4. The molecule has 1 rings (SSSR count). The van der Waals surface area contributed by atoms with E-state index in [-0.39, 0.29) is 19.4 Å². The molecule has 13 heteroatoms. The van der Waals surface area contributed by atoms with Gasteiger partial charge in [-0.05, 0) is 51.4 Å². The molecular formula is C44H72O12S. The van der Waals surface area contributed by atoms with Crippen molar-refractivity contribution in [1.82, 2.24) is 0 Å². The Morgan fingerprint density at radius 3 is 1.61 bits per heavy atom. The van der Waals surface area contributed by atoms with Crippen molar-refractivity contribution in [2.24, 2.45) is 0 Å². The quantitative estimate of drug-likeness (QED) is 0.0217. The Kier molecular flexibility index (Phi) is 31.1. The maximum atomic E-state index is 12.7. The first-order valence-electron chi connectivity index (χ1n) is 21.0. The number of unbranched alkanes of at least 4 members (excludes halogenated alkanes) is 9. The van der Waals surface area contributed by atoms with Crippen LogP contribution in [0.15, 0.2) is 72.9 Å². The highest BCUT2D eigenvalue weighted by Crippen LogP contribution is 2.24. The molecule has 0 spiro atoms. The summed E-state index contributed by atoms with van der Waals surface area (Å²) in [5.74, 6) is -2.10. The van der Waals surface area contributed by atoms with Crippen LogP contribution in [0.5, 0.6) is 0 Å². The minimum Gasteiger partial charge on any atom is -0.462 e. The zero-order valence-electron chi connectivity index (χ0n) is 34.4. The average Bonchev–Trinajstić information content (AvgIpc) is 3.17. The Balaban J connectivity index is 2.52. The molecule has 2 unspecified atom stereocenters. The van der Waals surface area contributed by atoms with Gasteiger partial charge >= 0.3 is 11.9 Å². The second kappa shape index (κ2) is 34.0. The van der Waals surface area contributed by atoms with Crippen LogP contribution in [-0.4, -0.2) is 96.0 Å². The highest BCUT2D eigenvalue weighted by molar-refractivity contribution is 7.85. The standard InChI is InChI=1S/C44H72O12S/c1-3-5-7-9-11-13-15-16-17-18-19-20-21-22-23-25-26-28-30-32-39(45)53-34-37(55-40(46)33-31-29-27-24-14-12-10-8-6-4-2)35-54-44-43(49)42(48)41(47)38(56-44)36-57(50,51)52/h5,7,11,13,16-17,19-20,22-23,26,28,37-38,41-44,47-49H,3-4,6,8-10,12,14-15,18,21,24-25,27,29-36H2,1-2H3,(H,50,51,52)/b7-5+,13-11+,17-16+,20-19+,23-22+,28-26+/t37-,38-,41-,42?,43?,44+/m1/s1. The summed E-state index contributed by atoms with van der Waals surface area (Å²) in [5, 5.41) is 30.8. The second-order valence-electron chi connectivity index (χ2n) is 14.3. The predicted octanol–water partition coefficient (Wildman–Crippen LogP) is 7.94. The van der Waals surface area contributed by atoms with Gasteiger partial charge in [0, 0.05) is 12.8 Å². The van der Waals surface area contributed by atoms with E-state index in [0.29, 0.717) is 12.8 Å². The number of carbonyl (C=O) groups is 2. The Hall–Kier alpha value is -2.91. The Bertz CT molecular complexity index is 1340. The van der Waals surface area contributed by atoms with E-state index in [1.165, 1.54) is 38.5 Å². The number of aliphatic hydroxyl groups excluding tert-OH is 3. The third kappa shape index (κ3) is 29.0. The van der Waals surface area contributed by atoms with Gasteiger partial charge in [0.25, 0.3) is 10.1 Å². The fourth-order valence-electron chi connectivity index (χ4n) is 5.82. The van der Waals surface area contributed by atoms with Crippen molar-refractivity contribution in [3.8, 4) is 0 Å². The first kappa shape index (κ1) is 52.1. The molecule has 1 aliphatic rings. The number of hydrogen-bond acceptors (Lipinski definition) is 11. The molecule has 0 radical (unpaired) electrons. The maximum absolute atomic E-state index is 12.7. The molecule has 0 bridgehead atoms. The third-order valence-electron chi connectivity index (χ3n) is 9.06. The molecule has 1 fully saturated rings. The van der Waals surface area contributed by atoms with E-state index in [1.807, 2.05) is 12.2 Å². The molecule has 4 N–H and O–H groups in total. The molecule has 6 atom stereocenters. The lowest BCUT2D eigenvalue weighted by molar-refractivity contribution is -0.297. The van der Waals surface area contributed by atoms with Gasteiger partial charge in [0.15, 0.2) is 12.4 Å². The molecule has 326 valence electrons. The fraction of sp³-hybridized carbons (Fsp3) is 0.682. The number of rotatable bonds is 33. The smallest absolute Gasteiger partial charge is 0.306 e. The summed E-state index contributed by atoms with van der Waals surface area (Å²) in [4.78, 5) is 25.2. The van der Waals surface area contributed by atoms with Gasteiger partial charge in [-0.1, -0.05) is 145 Å². The molecule has 1 saturated heterocycles. The zero-order valence-corrected chi connectivity index (χ0v) is 35.2. The van der Waals surface area contributed by atoms with Crippen LogP contribution >= 0.6 is 0 Å². The van der Waals surface area contributed by atoms with E-state index in [0.717, 1.165) is 57.8 Å². The summed E-state index contributed by atoms with van der Waals surface area (Å²) in [6.07, 6.45) is 32.6. The first-order chi connectivity index (χ1) is 27.5. The summed E-state index contributed by atoms with van der Waals surface area (Å²) in [5.41, 5.74) is 0. The fourth-order valence-corrected chi connectivity index (χ4v) is 6.51. The summed E-state index contributed by atoms with van der Waals surface area (Å²) < 4.78 is 53.8. The molecule has 0 aromatic heterocycles. The van der Waals surface area contributed by atoms with Gasteiger partial charge in [-0.2, -0.15) is 8.42 Å². The van der Waals surface area contributed by atoms with Gasteiger partial charge in [-0.15, -0.1) is 0 Å². The van der Waals surface area contributed by atoms with Gasteiger partial charge < -0.3 is 34.3 Å². The van der Waals surface area contributed by atoms with Crippen LogP contribution < -0.4 is 0 Å². The number of aliphatic hydroxyl groups is 3. The minimum absolute atomic E-state index is 0.0914. The van der Waals surface area contributed by atoms with Crippen molar-refractivity contribution in [2.75, 3.05) is 19.0 Å². The molecule has 0 aliphatic carbocycles. The third-order valence-corrected chi connectivity index (χ3v) is 9.81. The van der Waals surface area contributed by atoms with Crippen LogP contribution in [0.4, 0.5) is 0 Å². The van der Waals surface area contributed by atoms with Gasteiger partial charge in [0.05, 0.1) is 6.61 Å². The molecule has 0 aromatic rings. The van der Waals surface area contributed by atoms with Crippen LogP contribution in [-0.2, 0) is 38.7 Å². The Morgan fingerprint density at radius 1 is 0.614 bits per heavy atom. The van der Waals surface area contributed by atoms with Crippen LogP contribution in [0.2, 0.25) is 0 Å². The normalized spacial score (nSPS) is 21.3. The van der Waals surface area contributed by atoms with E-state index in [1.54, 1.807) is 0 Å². The molecule has 0 aromatic carbocycles. The van der Waals surface area contributed by atoms with E-state index in [9.17, 15) is 37.9 Å². The maximum Gasteiger partial charge on any atom is 0.306 e. The first-order valence-corrected chi connectivity index (χ1v) is 22.6. The number of esters is 2. The highest BCUT2D eigenvalue weighted by atomic mass is 32.2.